The SMILES string of the molecule is CCN(C(=O)c1csc(CN)n1)C(C)c1cccc(OC)c1.Cl. The smallest absolute Gasteiger partial charge is 0.273 e. The van der Waals surface area contributed by atoms with Crippen molar-refractivity contribution in [2.24, 2.45) is 5.73 Å². The minimum absolute atomic E-state index is 0. The average Bonchev–Trinajstić information content (AvgIpc) is 3.04. The molecule has 1 atom stereocenters. The van der Waals surface area contributed by atoms with Crippen molar-refractivity contribution in [1.82, 2.24) is 9.88 Å². The minimum atomic E-state index is -0.0752. The van der Waals surface area contributed by atoms with E-state index in [0.29, 0.717) is 18.8 Å². The standard InChI is InChI=1S/C16H21N3O2S.ClH/c1-4-19(16(20)14-10-22-15(9-17)18-14)11(2)12-6-5-7-13(8-12)21-3;/h5-8,10-11H,4,9,17H2,1-3H3;1H. The summed E-state index contributed by atoms with van der Waals surface area (Å²) in [6.07, 6.45) is 0. The predicted molar refractivity (Wildman–Crippen MR) is 95.4 cm³/mol. The summed E-state index contributed by atoms with van der Waals surface area (Å²) < 4.78 is 5.25. The Morgan fingerprint density at radius 2 is 2.22 bits per heavy atom. The summed E-state index contributed by atoms with van der Waals surface area (Å²) in [7, 11) is 1.64. The van der Waals surface area contributed by atoms with Crippen LogP contribution in [-0.4, -0.2) is 29.4 Å². The lowest BCUT2D eigenvalue weighted by atomic mass is 10.1. The lowest BCUT2D eigenvalue weighted by Crippen LogP contribution is -2.33. The molecule has 2 rings (SSSR count). The highest BCUT2D eigenvalue weighted by Gasteiger charge is 2.23. The maximum Gasteiger partial charge on any atom is 0.273 e. The summed E-state index contributed by atoms with van der Waals surface area (Å²) in [6.45, 7) is 4.93. The normalized spacial score (nSPS) is 11.5. The van der Waals surface area contributed by atoms with Crippen LogP contribution in [0.2, 0.25) is 0 Å². The van der Waals surface area contributed by atoms with Crippen LogP contribution >= 0.6 is 23.7 Å². The number of amides is 1. The third-order valence-corrected chi connectivity index (χ3v) is 4.46. The number of nitrogens with zero attached hydrogens (tertiary/aromatic N) is 2. The molecule has 0 aliphatic carbocycles. The molecule has 7 heteroatoms. The van der Waals surface area contributed by atoms with Crippen LogP contribution in [0.15, 0.2) is 29.6 Å². The maximum atomic E-state index is 12.7. The van der Waals surface area contributed by atoms with Gasteiger partial charge in [0.25, 0.3) is 5.91 Å². The summed E-state index contributed by atoms with van der Waals surface area (Å²) >= 11 is 1.42. The van der Waals surface area contributed by atoms with Crippen LogP contribution in [0, 0.1) is 0 Å². The molecule has 0 bridgehead atoms. The molecule has 2 aromatic rings. The number of hydrogen-bond donors (Lipinski definition) is 1. The molecule has 1 heterocycles. The molecular weight excluding hydrogens is 334 g/mol. The number of aromatic nitrogens is 1. The molecule has 0 spiro atoms. The number of hydrogen-bond acceptors (Lipinski definition) is 5. The van der Waals surface area contributed by atoms with Gasteiger partial charge in [-0.05, 0) is 31.5 Å². The van der Waals surface area contributed by atoms with Gasteiger partial charge in [-0.3, -0.25) is 4.79 Å². The summed E-state index contributed by atoms with van der Waals surface area (Å²) in [5.41, 5.74) is 7.06. The third-order valence-electron chi connectivity index (χ3n) is 3.59. The molecule has 1 aromatic carbocycles. The first-order valence-corrected chi connectivity index (χ1v) is 8.08. The Morgan fingerprint density at radius 3 is 2.78 bits per heavy atom. The van der Waals surface area contributed by atoms with Crippen molar-refractivity contribution in [2.75, 3.05) is 13.7 Å². The van der Waals surface area contributed by atoms with Gasteiger partial charge in [0.15, 0.2) is 0 Å². The number of carbonyl (C=O) groups is 1. The number of ether oxygens (including phenoxy) is 1. The highest BCUT2D eigenvalue weighted by Crippen LogP contribution is 2.25. The molecule has 0 radical (unpaired) electrons. The minimum Gasteiger partial charge on any atom is -0.497 e. The first kappa shape index (κ1) is 19.4. The number of benzene rings is 1. The van der Waals surface area contributed by atoms with Gasteiger partial charge in [0.05, 0.1) is 13.2 Å². The molecular formula is C16H22ClN3O2S. The quantitative estimate of drug-likeness (QED) is 0.863. The van der Waals surface area contributed by atoms with Gasteiger partial charge < -0.3 is 15.4 Å². The summed E-state index contributed by atoms with van der Waals surface area (Å²) in [5, 5.41) is 2.54. The fourth-order valence-electron chi connectivity index (χ4n) is 2.32. The second-order valence-electron chi connectivity index (χ2n) is 4.87. The van der Waals surface area contributed by atoms with Crippen molar-refractivity contribution < 1.29 is 9.53 Å². The zero-order chi connectivity index (χ0) is 16.1. The van der Waals surface area contributed by atoms with E-state index in [9.17, 15) is 4.79 Å². The van der Waals surface area contributed by atoms with Crippen molar-refractivity contribution >= 4 is 29.7 Å². The molecule has 2 N–H and O–H groups in total. The van der Waals surface area contributed by atoms with Crippen molar-refractivity contribution in [3.8, 4) is 5.75 Å². The topological polar surface area (TPSA) is 68.5 Å². The fraction of sp³-hybridized carbons (Fsp3) is 0.375. The zero-order valence-electron chi connectivity index (χ0n) is 13.5. The van der Waals surface area contributed by atoms with E-state index < -0.39 is 0 Å². The number of rotatable bonds is 6. The average molecular weight is 356 g/mol. The van der Waals surface area contributed by atoms with E-state index in [1.165, 1.54) is 11.3 Å². The number of nitrogens with two attached hydrogens (primary N) is 1. The highest BCUT2D eigenvalue weighted by atomic mass is 35.5. The summed E-state index contributed by atoms with van der Waals surface area (Å²) in [5.74, 6) is 0.709. The van der Waals surface area contributed by atoms with Gasteiger partial charge >= 0.3 is 0 Å². The molecule has 1 unspecified atom stereocenters. The van der Waals surface area contributed by atoms with E-state index in [4.69, 9.17) is 10.5 Å². The predicted octanol–water partition coefficient (Wildman–Crippen LogP) is 3.26. The Morgan fingerprint density at radius 1 is 1.48 bits per heavy atom. The van der Waals surface area contributed by atoms with Crippen molar-refractivity contribution in [2.45, 2.75) is 26.4 Å². The van der Waals surface area contributed by atoms with Crippen LogP contribution in [0.1, 0.15) is 40.9 Å². The van der Waals surface area contributed by atoms with Gasteiger partial charge in [0.1, 0.15) is 16.5 Å². The van der Waals surface area contributed by atoms with Crippen LogP contribution in [0.3, 0.4) is 0 Å². The van der Waals surface area contributed by atoms with E-state index in [2.05, 4.69) is 4.98 Å². The van der Waals surface area contributed by atoms with E-state index in [0.717, 1.165) is 16.3 Å². The molecule has 1 aromatic heterocycles. The van der Waals surface area contributed by atoms with Gasteiger partial charge in [-0.15, -0.1) is 23.7 Å². The number of carbonyl (C=O) groups excluding carboxylic acids is 1. The molecule has 0 saturated carbocycles. The molecule has 1 amide bonds. The van der Waals surface area contributed by atoms with Gasteiger partial charge in [-0.25, -0.2) is 4.98 Å². The Bertz CT molecular complexity index is 648. The van der Waals surface area contributed by atoms with Gasteiger partial charge in [-0.2, -0.15) is 0 Å². The van der Waals surface area contributed by atoms with Gasteiger partial charge in [0.2, 0.25) is 0 Å². The number of thiazole rings is 1. The van der Waals surface area contributed by atoms with Crippen LogP contribution < -0.4 is 10.5 Å². The molecule has 0 aliphatic rings. The second kappa shape index (κ2) is 8.86. The zero-order valence-corrected chi connectivity index (χ0v) is 15.1. The van der Waals surface area contributed by atoms with E-state index in [1.54, 1.807) is 17.4 Å². The lowest BCUT2D eigenvalue weighted by molar-refractivity contribution is 0.0696. The summed E-state index contributed by atoms with van der Waals surface area (Å²) in [4.78, 5) is 18.8. The van der Waals surface area contributed by atoms with Crippen molar-refractivity contribution in [3.05, 3.63) is 45.9 Å². The molecule has 126 valence electrons. The van der Waals surface area contributed by atoms with Crippen LogP contribution in [0.25, 0.3) is 0 Å². The van der Waals surface area contributed by atoms with Gasteiger partial charge in [-0.1, -0.05) is 12.1 Å². The molecule has 0 fully saturated rings. The largest absolute Gasteiger partial charge is 0.497 e. The van der Waals surface area contributed by atoms with Crippen molar-refractivity contribution in [1.29, 1.82) is 0 Å². The van der Waals surface area contributed by atoms with Crippen LogP contribution in [0.5, 0.6) is 5.75 Å². The first-order valence-electron chi connectivity index (χ1n) is 7.20. The number of halogens is 1. The van der Waals surface area contributed by atoms with Crippen LogP contribution in [0.4, 0.5) is 0 Å². The Balaban J connectivity index is 0.00000264. The monoisotopic (exact) mass is 355 g/mol. The Labute approximate surface area is 146 Å². The van der Waals surface area contributed by atoms with E-state index in [1.807, 2.05) is 38.1 Å². The first-order chi connectivity index (χ1) is 10.6. The molecule has 23 heavy (non-hydrogen) atoms. The third kappa shape index (κ3) is 4.43. The second-order valence-corrected chi connectivity index (χ2v) is 5.82. The maximum absolute atomic E-state index is 12.7. The molecule has 0 saturated heterocycles. The Hall–Kier alpha value is -1.63. The molecule has 5 nitrogen and oxygen atoms in total. The van der Waals surface area contributed by atoms with Crippen LogP contribution in [-0.2, 0) is 6.54 Å². The number of methoxy groups -OCH3 is 1. The summed E-state index contributed by atoms with van der Waals surface area (Å²) in [6, 6.07) is 7.71. The van der Waals surface area contributed by atoms with E-state index in [-0.39, 0.29) is 24.4 Å². The van der Waals surface area contributed by atoms with E-state index >= 15 is 0 Å². The van der Waals surface area contributed by atoms with Crippen molar-refractivity contribution in [3.63, 3.8) is 0 Å². The molecule has 0 aliphatic heterocycles. The fourth-order valence-corrected chi connectivity index (χ4v) is 2.97. The highest BCUT2D eigenvalue weighted by molar-refractivity contribution is 7.09. The van der Waals surface area contributed by atoms with Gasteiger partial charge in [0, 0.05) is 18.5 Å². The Kier molecular flexibility index (Phi) is 7.48. The lowest BCUT2D eigenvalue weighted by Gasteiger charge is -2.28.